The average molecular weight is 186 g/mol. The van der Waals surface area contributed by atoms with Crippen LogP contribution < -0.4 is 10.6 Å². The maximum absolute atomic E-state index is 5.04. The first kappa shape index (κ1) is 9.78. The van der Waals surface area contributed by atoms with Crippen molar-refractivity contribution in [3.63, 3.8) is 0 Å². The second kappa shape index (κ2) is 4.65. The summed E-state index contributed by atoms with van der Waals surface area (Å²) in [6.07, 6.45) is 5.21. The predicted molar refractivity (Wildman–Crippen MR) is 56.2 cm³/mol. The maximum atomic E-state index is 5.04. The van der Waals surface area contributed by atoms with Gasteiger partial charge < -0.3 is 10.6 Å². The Morgan fingerprint density at radius 3 is 2.33 bits per heavy atom. The Hall–Kier alpha value is -0.310. The van der Waals surface area contributed by atoms with E-state index in [9.17, 15) is 0 Å². The van der Waals surface area contributed by atoms with Crippen LogP contribution in [0.5, 0.6) is 0 Å². The SMILES string of the molecule is CNC(=S)NC1CCC(C)CC1. The Balaban J connectivity index is 2.21. The number of nitrogens with one attached hydrogen (secondary N) is 2. The van der Waals surface area contributed by atoms with Gasteiger partial charge in [-0.25, -0.2) is 0 Å². The molecule has 0 saturated heterocycles. The molecule has 1 aliphatic rings. The van der Waals surface area contributed by atoms with Crippen molar-refractivity contribution in [2.75, 3.05) is 7.05 Å². The summed E-state index contributed by atoms with van der Waals surface area (Å²) in [5.74, 6) is 0.909. The molecule has 0 unspecified atom stereocenters. The van der Waals surface area contributed by atoms with Crippen LogP contribution in [0.4, 0.5) is 0 Å². The lowest BCUT2D eigenvalue weighted by Crippen LogP contribution is -2.41. The first-order chi connectivity index (χ1) is 5.72. The minimum atomic E-state index is 0.612. The molecule has 0 aromatic carbocycles. The van der Waals surface area contributed by atoms with Crippen LogP contribution in [0.1, 0.15) is 32.6 Å². The molecule has 1 fully saturated rings. The van der Waals surface area contributed by atoms with Crippen LogP contribution in [0.25, 0.3) is 0 Å². The summed E-state index contributed by atoms with van der Waals surface area (Å²) in [4.78, 5) is 0. The molecule has 2 nitrogen and oxygen atoms in total. The highest BCUT2D eigenvalue weighted by atomic mass is 32.1. The van der Waals surface area contributed by atoms with Gasteiger partial charge in [0.25, 0.3) is 0 Å². The van der Waals surface area contributed by atoms with Crippen molar-refractivity contribution >= 4 is 17.3 Å². The van der Waals surface area contributed by atoms with Gasteiger partial charge in [0.15, 0.2) is 5.11 Å². The molecule has 0 aromatic heterocycles. The molecule has 0 bridgehead atoms. The largest absolute Gasteiger partial charge is 0.366 e. The second-order valence-electron chi connectivity index (χ2n) is 3.68. The Kier molecular flexibility index (Phi) is 3.79. The molecule has 1 rings (SSSR count). The molecular weight excluding hydrogens is 168 g/mol. The van der Waals surface area contributed by atoms with Crippen molar-refractivity contribution in [1.82, 2.24) is 10.6 Å². The Labute approximate surface area is 80.1 Å². The molecule has 1 aliphatic carbocycles. The highest BCUT2D eigenvalue weighted by Gasteiger charge is 2.17. The lowest BCUT2D eigenvalue weighted by molar-refractivity contribution is 0.330. The number of rotatable bonds is 1. The lowest BCUT2D eigenvalue weighted by Gasteiger charge is -2.27. The van der Waals surface area contributed by atoms with Crippen LogP contribution in [0, 0.1) is 5.92 Å². The van der Waals surface area contributed by atoms with Crippen LogP contribution in [-0.2, 0) is 0 Å². The highest BCUT2D eigenvalue weighted by Crippen LogP contribution is 2.23. The fraction of sp³-hybridized carbons (Fsp3) is 0.889. The topological polar surface area (TPSA) is 24.1 Å². The summed E-state index contributed by atoms with van der Waals surface area (Å²) in [5, 5.41) is 7.04. The zero-order chi connectivity index (χ0) is 8.97. The van der Waals surface area contributed by atoms with Crippen LogP contribution >= 0.6 is 12.2 Å². The average Bonchev–Trinajstić information content (AvgIpc) is 2.09. The summed E-state index contributed by atoms with van der Waals surface area (Å²) in [5.41, 5.74) is 0. The molecule has 0 aromatic rings. The van der Waals surface area contributed by atoms with Gasteiger partial charge in [0, 0.05) is 13.1 Å². The van der Waals surface area contributed by atoms with Crippen LogP contribution in [0.3, 0.4) is 0 Å². The van der Waals surface area contributed by atoms with Crippen LogP contribution in [0.15, 0.2) is 0 Å². The molecular formula is C9H18N2S. The standard InChI is InChI=1S/C9H18N2S/c1-7-3-5-8(6-4-7)11-9(12)10-2/h7-8H,3-6H2,1-2H3,(H2,10,11,12). The van der Waals surface area contributed by atoms with Crippen molar-refractivity contribution in [2.45, 2.75) is 38.6 Å². The van der Waals surface area contributed by atoms with E-state index in [4.69, 9.17) is 12.2 Å². The summed E-state index contributed by atoms with van der Waals surface area (Å²) in [6, 6.07) is 0.612. The Morgan fingerprint density at radius 2 is 1.83 bits per heavy atom. The molecule has 3 heteroatoms. The minimum Gasteiger partial charge on any atom is -0.366 e. The van der Waals surface area contributed by atoms with Crippen LogP contribution in [-0.4, -0.2) is 18.2 Å². The van der Waals surface area contributed by atoms with Gasteiger partial charge in [0.05, 0.1) is 0 Å². The second-order valence-corrected chi connectivity index (χ2v) is 4.09. The maximum Gasteiger partial charge on any atom is 0.166 e. The third kappa shape index (κ3) is 2.97. The zero-order valence-corrected chi connectivity index (χ0v) is 8.71. The zero-order valence-electron chi connectivity index (χ0n) is 7.89. The molecule has 1 saturated carbocycles. The van der Waals surface area contributed by atoms with E-state index < -0.39 is 0 Å². The smallest absolute Gasteiger partial charge is 0.166 e. The molecule has 70 valence electrons. The van der Waals surface area contributed by atoms with Crippen molar-refractivity contribution < 1.29 is 0 Å². The Bertz CT molecular complexity index is 151. The third-order valence-electron chi connectivity index (χ3n) is 2.58. The minimum absolute atomic E-state index is 0.612. The van der Waals surface area contributed by atoms with E-state index in [1.165, 1.54) is 25.7 Å². The number of hydrogen-bond donors (Lipinski definition) is 2. The van der Waals surface area contributed by atoms with E-state index in [1.54, 1.807) is 0 Å². The van der Waals surface area contributed by atoms with Crippen LogP contribution in [0.2, 0.25) is 0 Å². The van der Waals surface area contributed by atoms with Gasteiger partial charge in [-0.05, 0) is 43.8 Å². The summed E-state index contributed by atoms with van der Waals surface area (Å²) >= 11 is 5.04. The molecule has 0 heterocycles. The van der Waals surface area contributed by atoms with E-state index in [0.717, 1.165) is 11.0 Å². The van der Waals surface area contributed by atoms with Crippen molar-refractivity contribution in [1.29, 1.82) is 0 Å². The van der Waals surface area contributed by atoms with E-state index in [2.05, 4.69) is 17.6 Å². The highest BCUT2D eigenvalue weighted by molar-refractivity contribution is 7.80. The summed E-state index contributed by atoms with van der Waals surface area (Å²) < 4.78 is 0. The fourth-order valence-corrected chi connectivity index (χ4v) is 1.83. The van der Waals surface area contributed by atoms with Gasteiger partial charge in [-0.2, -0.15) is 0 Å². The molecule has 0 aliphatic heterocycles. The summed E-state index contributed by atoms with van der Waals surface area (Å²) in [6.45, 7) is 2.33. The monoisotopic (exact) mass is 186 g/mol. The normalized spacial score (nSPS) is 29.5. The molecule has 2 N–H and O–H groups in total. The number of thiocarbonyl (C=S) groups is 1. The third-order valence-corrected chi connectivity index (χ3v) is 2.90. The molecule has 0 spiro atoms. The first-order valence-corrected chi connectivity index (χ1v) is 5.11. The summed E-state index contributed by atoms with van der Waals surface area (Å²) in [7, 11) is 1.86. The molecule has 12 heavy (non-hydrogen) atoms. The van der Waals surface area contributed by atoms with Crippen molar-refractivity contribution in [3.8, 4) is 0 Å². The van der Waals surface area contributed by atoms with Gasteiger partial charge in [0.1, 0.15) is 0 Å². The predicted octanol–water partition coefficient (Wildman–Crippen LogP) is 1.66. The van der Waals surface area contributed by atoms with Crippen molar-refractivity contribution in [3.05, 3.63) is 0 Å². The Morgan fingerprint density at radius 1 is 1.25 bits per heavy atom. The van der Waals surface area contributed by atoms with Gasteiger partial charge in [-0.1, -0.05) is 6.92 Å². The van der Waals surface area contributed by atoms with E-state index in [0.29, 0.717) is 6.04 Å². The van der Waals surface area contributed by atoms with Gasteiger partial charge in [-0.3, -0.25) is 0 Å². The first-order valence-electron chi connectivity index (χ1n) is 4.70. The molecule has 0 atom stereocenters. The van der Waals surface area contributed by atoms with Gasteiger partial charge in [0.2, 0.25) is 0 Å². The quantitative estimate of drug-likeness (QED) is 0.609. The van der Waals surface area contributed by atoms with E-state index >= 15 is 0 Å². The fourth-order valence-electron chi connectivity index (χ4n) is 1.66. The lowest BCUT2D eigenvalue weighted by atomic mass is 9.87. The molecule has 0 amide bonds. The van der Waals surface area contributed by atoms with Crippen molar-refractivity contribution in [2.24, 2.45) is 5.92 Å². The number of hydrogen-bond acceptors (Lipinski definition) is 1. The van der Waals surface area contributed by atoms with Gasteiger partial charge >= 0.3 is 0 Å². The van der Waals surface area contributed by atoms with E-state index in [-0.39, 0.29) is 0 Å². The van der Waals surface area contributed by atoms with Gasteiger partial charge in [-0.15, -0.1) is 0 Å². The molecule has 0 radical (unpaired) electrons. The van der Waals surface area contributed by atoms with E-state index in [1.807, 2.05) is 7.05 Å².